The van der Waals surface area contributed by atoms with E-state index in [1.54, 1.807) is 6.20 Å². The predicted molar refractivity (Wildman–Crippen MR) is 89.3 cm³/mol. The van der Waals surface area contributed by atoms with Crippen molar-refractivity contribution in [2.75, 3.05) is 5.73 Å². The highest BCUT2D eigenvalue weighted by Crippen LogP contribution is 2.18. The van der Waals surface area contributed by atoms with E-state index in [4.69, 9.17) is 10.5 Å². The molecule has 0 bridgehead atoms. The number of anilines is 1. The van der Waals surface area contributed by atoms with Gasteiger partial charge in [-0.1, -0.05) is 42.5 Å². The Bertz CT molecular complexity index is 844. The van der Waals surface area contributed by atoms with Crippen LogP contribution in [0.4, 0.5) is 5.82 Å². The quantitative estimate of drug-likeness (QED) is 0.759. The lowest BCUT2D eigenvalue weighted by Crippen LogP contribution is -2.14. The molecule has 0 aliphatic carbocycles. The highest BCUT2D eigenvalue weighted by atomic mass is 16.5. The summed E-state index contributed by atoms with van der Waals surface area (Å²) in [5, 5.41) is 0. The van der Waals surface area contributed by atoms with Gasteiger partial charge in [0.25, 0.3) is 0 Å². The summed E-state index contributed by atoms with van der Waals surface area (Å²) in [5.41, 5.74) is 8.28. The third kappa shape index (κ3) is 3.97. The molecule has 0 fully saturated rings. The summed E-state index contributed by atoms with van der Waals surface area (Å²) in [5.74, 6) is 1.05. The molecule has 1 heterocycles. The summed E-state index contributed by atoms with van der Waals surface area (Å²) >= 11 is 0. The van der Waals surface area contributed by atoms with Gasteiger partial charge in [-0.2, -0.15) is 4.98 Å². The predicted octanol–water partition coefficient (Wildman–Crippen LogP) is 2.52. The van der Waals surface area contributed by atoms with Crippen LogP contribution in [0, 0.1) is 0 Å². The average molecular weight is 307 g/mol. The molecule has 0 aliphatic rings. The second-order valence-corrected chi connectivity index (χ2v) is 5.21. The van der Waals surface area contributed by atoms with E-state index < -0.39 is 5.69 Å². The molecule has 1 aromatic heterocycles. The fraction of sp³-hybridized carbons (Fsp3) is 0.111. The standard InChI is InChI=1S/C18H17N3O2/c19-17-15(11-20-18(22)21-17)9-14-7-4-8-16(10-14)23-12-13-5-2-1-3-6-13/h1-8,10-11H,9,12H2,(H3,19,20,21,22). The lowest BCUT2D eigenvalue weighted by atomic mass is 10.1. The number of ether oxygens (including phenoxy) is 1. The Morgan fingerprint density at radius 1 is 1.04 bits per heavy atom. The summed E-state index contributed by atoms with van der Waals surface area (Å²) in [6.45, 7) is 0.520. The minimum atomic E-state index is -0.439. The zero-order valence-corrected chi connectivity index (χ0v) is 12.5. The zero-order chi connectivity index (χ0) is 16.1. The Labute approximate surface area is 133 Å². The number of aromatic amines is 1. The lowest BCUT2D eigenvalue weighted by molar-refractivity contribution is 0.306. The van der Waals surface area contributed by atoms with Crippen LogP contribution in [-0.2, 0) is 13.0 Å². The van der Waals surface area contributed by atoms with Crippen LogP contribution in [0.1, 0.15) is 16.7 Å². The van der Waals surface area contributed by atoms with E-state index in [0.717, 1.165) is 22.4 Å². The van der Waals surface area contributed by atoms with Crippen molar-refractivity contribution in [2.24, 2.45) is 0 Å². The Balaban J connectivity index is 1.71. The maximum Gasteiger partial charge on any atom is 0.346 e. The summed E-state index contributed by atoms with van der Waals surface area (Å²) < 4.78 is 5.82. The van der Waals surface area contributed by atoms with Crippen molar-refractivity contribution in [3.05, 3.63) is 88.0 Å². The second-order valence-electron chi connectivity index (χ2n) is 5.21. The zero-order valence-electron chi connectivity index (χ0n) is 12.5. The molecule has 0 atom stereocenters. The van der Waals surface area contributed by atoms with Gasteiger partial charge in [0.1, 0.15) is 18.2 Å². The molecule has 116 valence electrons. The van der Waals surface area contributed by atoms with Gasteiger partial charge >= 0.3 is 5.69 Å². The SMILES string of the molecule is Nc1nc(=O)[nH]cc1Cc1cccc(OCc2ccccc2)c1. The number of nitrogens with one attached hydrogen (secondary N) is 1. The number of H-pyrrole nitrogens is 1. The third-order valence-corrected chi connectivity index (χ3v) is 3.46. The van der Waals surface area contributed by atoms with Crippen LogP contribution in [0.2, 0.25) is 0 Å². The van der Waals surface area contributed by atoms with Gasteiger partial charge in [0.05, 0.1) is 0 Å². The van der Waals surface area contributed by atoms with Crippen LogP contribution >= 0.6 is 0 Å². The minimum absolute atomic E-state index is 0.254. The lowest BCUT2D eigenvalue weighted by Gasteiger charge is -2.09. The maximum atomic E-state index is 11.1. The van der Waals surface area contributed by atoms with Crippen molar-refractivity contribution in [3.63, 3.8) is 0 Å². The van der Waals surface area contributed by atoms with Gasteiger partial charge in [0, 0.05) is 18.2 Å². The van der Waals surface area contributed by atoms with Crippen molar-refractivity contribution in [2.45, 2.75) is 13.0 Å². The first-order valence-electron chi connectivity index (χ1n) is 7.30. The van der Waals surface area contributed by atoms with Crippen LogP contribution in [0.15, 0.2) is 65.6 Å². The molecule has 0 amide bonds. The second kappa shape index (κ2) is 6.79. The van der Waals surface area contributed by atoms with Crippen LogP contribution in [0.25, 0.3) is 0 Å². The van der Waals surface area contributed by atoms with E-state index in [1.807, 2.05) is 54.6 Å². The van der Waals surface area contributed by atoms with Crippen molar-refractivity contribution in [1.82, 2.24) is 9.97 Å². The molecule has 0 saturated heterocycles. The molecule has 3 aromatic rings. The van der Waals surface area contributed by atoms with Gasteiger partial charge in [-0.15, -0.1) is 0 Å². The van der Waals surface area contributed by atoms with Crippen LogP contribution in [0.5, 0.6) is 5.75 Å². The largest absolute Gasteiger partial charge is 0.489 e. The van der Waals surface area contributed by atoms with Crippen LogP contribution < -0.4 is 16.2 Å². The highest BCUT2D eigenvalue weighted by Gasteiger charge is 2.04. The van der Waals surface area contributed by atoms with E-state index in [1.165, 1.54) is 0 Å². The molecule has 3 N–H and O–H groups in total. The van der Waals surface area contributed by atoms with Gasteiger partial charge in [-0.25, -0.2) is 4.79 Å². The van der Waals surface area contributed by atoms with E-state index in [-0.39, 0.29) is 5.82 Å². The van der Waals surface area contributed by atoms with Crippen molar-refractivity contribution in [3.8, 4) is 5.75 Å². The highest BCUT2D eigenvalue weighted by molar-refractivity contribution is 5.41. The van der Waals surface area contributed by atoms with Crippen molar-refractivity contribution >= 4 is 5.82 Å². The van der Waals surface area contributed by atoms with Gasteiger partial charge in [0.15, 0.2) is 0 Å². The Hall–Kier alpha value is -3.08. The number of hydrogen-bond acceptors (Lipinski definition) is 4. The number of nitrogens with two attached hydrogens (primary N) is 1. The summed E-state index contributed by atoms with van der Waals surface area (Å²) in [6, 6.07) is 17.8. The Morgan fingerprint density at radius 3 is 2.61 bits per heavy atom. The Morgan fingerprint density at radius 2 is 1.83 bits per heavy atom. The topological polar surface area (TPSA) is 81.0 Å². The maximum absolute atomic E-state index is 11.1. The Kier molecular flexibility index (Phi) is 4.38. The fourth-order valence-corrected chi connectivity index (χ4v) is 2.28. The van der Waals surface area contributed by atoms with Crippen molar-refractivity contribution < 1.29 is 4.74 Å². The van der Waals surface area contributed by atoms with Gasteiger partial charge in [0.2, 0.25) is 0 Å². The van der Waals surface area contributed by atoms with E-state index in [9.17, 15) is 4.79 Å². The summed E-state index contributed by atoms with van der Waals surface area (Å²) in [6.07, 6.45) is 2.18. The smallest absolute Gasteiger partial charge is 0.346 e. The van der Waals surface area contributed by atoms with Crippen LogP contribution in [-0.4, -0.2) is 9.97 Å². The van der Waals surface area contributed by atoms with Gasteiger partial charge < -0.3 is 15.5 Å². The van der Waals surface area contributed by atoms with Crippen LogP contribution in [0.3, 0.4) is 0 Å². The number of nitrogens with zero attached hydrogens (tertiary/aromatic N) is 1. The number of benzene rings is 2. The third-order valence-electron chi connectivity index (χ3n) is 3.46. The van der Waals surface area contributed by atoms with Gasteiger partial charge in [-0.3, -0.25) is 0 Å². The molecule has 3 rings (SSSR count). The molecule has 2 aromatic carbocycles. The average Bonchev–Trinajstić information content (AvgIpc) is 2.57. The number of hydrogen-bond donors (Lipinski definition) is 2. The molecule has 0 saturated carbocycles. The number of nitrogen functional groups attached to an aromatic ring is 1. The molecule has 0 spiro atoms. The molecule has 23 heavy (non-hydrogen) atoms. The normalized spacial score (nSPS) is 10.4. The first-order valence-corrected chi connectivity index (χ1v) is 7.30. The molecule has 5 heteroatoms. The minimum Gasteiger partial charge on any atom is -0.489 e. The first kappa shape index (κ1) is 14.8. The van der Waals surface area contributed by atoms with Gasteiger partial charge in [-0.05, 0) is 23.3 Å². The number of rotatable bonds is 5. The fourth-order valence-electron chi connectivity index (χ4n) is 2.28. The molecule has 0 aliphatic heterocycles. The molecule has 5 nitrogen and oxygen atoms in total. The monoisotopic (exact) mass is 307 g/mol. The van der Waals surface area contributed by atoms with Crippen molar-refractivity contribution in [1.29, 1.82) is 0 Å². The summed E-state index contributed by atoms with van der Waals surface area (Å²) in [4.78, 5) is 17.4. The molecular formula is C18H17N3O2. The number of aromatic nitrogens is 2. The van der Waals surface area contributed by atoms with E-state index >= 15 is 0 Å². The molecular weight excluding hydrogens is 290 g/mol. The molecule has 0 unspecified atom stereocenters. The first-order chi connectivity index (χ1) is 11.2. The van der Waals surface area contributed by atoms with E-state index in [0.29, 0.717) is 13.0 Å². The summed E-state index contributed by atoms with van der Waals surface area (Å²) in [7, 11) is 0. The molecule has 0 radical (unpaired) electrons. The van der Waals surface area contributed by atoms with E-state index in [2.05, 4.69) is 9.97 Å².